The van der Waals surface area contributed by atoms with E-state index in [-0.39, 0.29) is 29.6 Å². The predicted molar refractivity (Wildman–Crippen MR) is 74.3 cm³/mol. The fourth-order valence-corrected chi connectivity index (χ4v) is 2.55. The van der Waals surface area contributed by atoms with Crippen LogP contribution in [0.25, 0.3) is 0 Å². The van der Waals surface area contributed by atoms with Crippen LogP contribution < -0.4 is 5.32 Å². The topological polar surface area (TPSA) is 51.5 Å². The Bertz CT molecular complexity index is 588. The molecule has 1 fully saturated rings. The van der Waals surface area contributed by atoms with Crippen LogP contribution in [-0.4, -0.2) is 18.6 Å². The van der Waals surface area contributed by atoms with E-state index in [1.807, 2.05) is 0 Å². The van der Waals surface area contributed by atoms with Crippen LogP contribution in [0.15, 0.2) is 47.1 Å². The van der Waals surface area contributed by atoms with Crippen LogP contribution in [0.4, 0.5) is 4.39 Å². The van der Waals surface area contributed by atoms with Gasteiger partial charge in [-0.1, -0.05) is 12.1 Å². The van der Waals surface area contributed by atoms with Crippen molar-refractivity contribution >= 4 is 5.91 Å². The minimum Gasteiger partial charge on any atom is -0.459 e. The van der Waals surface area contributed by atoms with Gasteiger partial charge in [-0.25, -0.2) is 4.39 Å². The maximum atomic E-state index is 13.1. The number of hydrogen-bond acceptors (Lipinski definition) is 3. The van der Waals surface area contributed by atoms with Crippen molar-refractivity contribution in [2.45, 2.75) is 25.0 Å². The Morgan fingerprint density at radius 3 is 2.71 bits per heavy atom. The first kappa shape index (κ1) is 13.8. The standard InChI is InChI=1S/C16H16FNO3/c17-12-7-5-11(6-8-12)15(13-3-1-9-20-13)18-16(19)14-4-2-10-21-14/h2,4-8,10,13,15H,1,3,9H2,(H,18,19)/t13-,15+/m1/s1. The summed E-state index contributed by atoms with van der Waals surface area (Å²) in [5.41, 5.74) is 0.822. The van der Waals surface area contributed by atoms with Gasteiger partial charge in [-0.3, -0.25) is 4.79 Å². The van der Waals surface area contributed by atoms with Gasteiger partial charge < -0.3 is 14.5 Å². The summed E-state index contributed by atoms with van der Waals surface area (Å²) in [6, 6.07) is 9.06. The van der Waals surface area contributed by atoms with Gasteiger partial charge in [0, 0.05) is 6.61 Å². The Balaban J connectivity index is 1.82. The van der Waals surface area contributed by atoms with E-state index in [1.165, 1.54) is 18.4 Å². The first-order valence-corrected chi connectivity index (χ1v) is 6.95. The second kappa shape index (κ2) is 6.10. The van der Waals surface area contributed by atoms with E-state index in [0.29, 0.717) is 6.61 Å². The van der Waals surface area contributed by atoms with Crippen molar-refractivity contribution in [3.63, 3.8) is 0 Å². The van der Waals surface area contributed by atoms with E-state index < -0.39 is 0 Å². The van der Waals surface area contributed by atoms with E-state index in [1.54, 1.807) is 24.3 Å². The summed E-state index contributed by atoms with van der Waals surface area (Å²) in [7, 11) is 0. The molecule has 2 atom stereocenters. The first-order valence-electron chi connectivity index (χ1n) is 6.95. The van der Waals surface area contributed by atoms with Crippen LogP contribution in [0.2, 0.25) is 0 Å². The summed E-state index contributed by atoms with van der Waals surface area (Å²) < 4.78 is 23.9. The molecule has 0 aliphatic carbocycles. The highest BCUT2D eigenvalue weighted by Gasteiger charge is 2.29. The summed E-state index contributed by atoms with van der Waals surface area (Å²) in [4.78, 5) is 12.2. The maximum Gasteiger partial charge on any atom is 0.287 e. The number of ether oxygens (including phenoxy) is 1. The molecule has 1 amide bonds. The quantitative estimate of drug-likeness (QED) is 0.941. The van der Waals surface area contributed by atoms with Crippen molar-refractivity contribution < 1.29 is 18.3 Å². The number of rotatable bonds is 4. The van der Waals surface area contributed by atoms with Crippen molar-refractivity contribution in [2.75, 3.05) is 6.61 Å². The van der Waals surface area contributed by atoms with Crippen molar-refractivity contribution in [2.24, 2.45) is 0 Å². The highest BCUT2D eigenvalue weighted by Crippen LogP contribution is 2.27. The number of halogens is 1. The Hall–Kier alpha value is -2.14. The van der Waals surface area contributed by atoms with Crippen LogP contribution in [0.3, 0.4) is 0 Å². The van der Waals surface area contributed by atoms with E-state index in [0.717, 1.165) is 18.4 Å². The lowest BCUT2D eigenvalue weighted by atomic mass is 9.99. The van der Waals surface area contributed by atoms with E-state index >= 15 is 0 Å². The Kier molecular flexibility index (Phi) is 4.01. The second-order valence-electron chi connectivity index (χ2n) is 5.03. The zero-order chi connectivity index (χ0) is 14.7. The van der Waals surface area contributed by atoms with Crippen LogP contribution in [0.1, 0.15) is 35.0 Å². The lowest BCUT2D eigenvalue weighted by molar-refractivity contribution is 0.0658. The molecule has 1 aromatic heterocycles. The molecule has 1 aliphatic rings. The molecule has 0 spiro atoms. The lowest BCUT2D eigenvalue weighted by Crippen LogP contribution is -2.36. The van der Waals surface area contributed by atoms with Crippen LogP contribution in [0.5, 0.6) is 0 Å². The molecule has 110 valence electrons. The largest absolute Gasteiger partial charge is 0.459 e. The van der Waals surface area contributed by atoms with Gasteiger partial charge in [-0.2, -0.15) is 0 Å². The fourth-order valence-electron chi connectivity index (χ4n) is 2.55. The molecule has 1 aromatic carbocycles. The molecule has 5 heteroatoms. The normalized spacial score (nSPS) is 19.4. The fraction of sp³-hybridized carbons (Fsp3) is 0.312. The Labute approximate surface area is 121 Å². The SMILES string of the molecule is O=C(N[C@@H](c1ccc(F)cc1)[C@H]1CCCO1)c1ccco1. The molecule has 3 rings (SSSR count). The number of hydrogen-bond donors (Lipinski definition) is 1. The number of nitrogens with one attached hydrogen (secondary N) is 1. The van der Waals surface area contributed by atoms with Crippen LogP contribution in [-0.2, 0) is 4.74 Å². The molecular formula is C16H16FNO3. The monoisotopic (exact) mass is 289 g/mol. The highest BCUT2D eigenvalue weighted by molar-refractivity contribution is 5.91. The average Bonchev–Trinajstić information content (AvgIpc) is 3.19. The number of amides is 1. The third-order valence-electron chi connectivity index (χ3n) is 3.60. The van der Waals surface area contributed by atoms with Crippen LogP contribution >= 0.6 is 0 Å². The van der Waals surface area contributed by atoms with Gasteiger partial charge >= 0.3 is 0 Å². The van der Waals surface area contributed by atoms with Gasteiger partial charge in [0.2, 0.25) is 0 Å². The molecule has 4 nitrogen and oxygen atoms in total. The zero-order valence-electron chi connectivity index (χ0n) is 11.4. The van der Waals surface area contributed by atoms with E-state index in [9.17, 15) is 9.18 Å². The zero-order valence-corrected chi connectivity index (χ0v) is 11.4. The summed E-state index contributed by atoms with van der Waals surface area (Å²) in [6.45, 7) is 0.680. The molecule has 1 saturated heterocycles. The molecule has 0 bridgehead atoms. The Morgan fingerprint density at radius 1 is 1.29 bits per heavy atom. The summed E-state index contributed by atoms with van der Waals surface area (Å²) >= 11 is 0. The molecule has 1 N–H and O–H groups in total. The third kappa shape index (κ3) is 3.13. The average molecular weight is 289 g/mol. The van der Waals surface area contributed by atoms with Crippen molar-refractivity contribution in [3.05, 3.63) is 59.8 Å². The molecule has 1 aliphatic heterocycles. The summed E-state index contributed by atoms with van der Waals surface area (Å²) in [5.74, 6) is -0.355. The van der Waals surface area contributed by atoms with Gasteiger partial charge in [0.25, 0.3) is 5.91 Å². The predicted octanol–water partition coefficient (Wildman–Crippen LogP) is 3.07. The van der Waals surface area contributed by atoms with E-state index in [4.69, 9.17) is 9.15 Å². The lowest BCUT2D eigenvalue weighted by Gasteiger charge is -2.24. The summed E-state index contributed by atoms with van der Waals surface area (Å²) in [5, 5.41) is 2.92. The minimum atomic E-state index is -0.314. The van der Waals surface area contributed by atoms with Gasteiger partial charge in [0.1, 0.15) is 5.82 Å². The number of furan rings is 1. The number of carbonyl (C=O) groups excluding carboxylic acids is 1. The Morgan fingerprint density at radius 2 is 2.10 bits per heavy atom. The molecular weight excluding hydrogens is 273 g/mol. The number of benzene rings is 1. The first-order chi connectivity index (χ1) is 10.2. The smallest absolute Gasteiger partial charge is 0.287 e. The van der Waals surface area contributed by atoms with Crippen LogP contribution in [0, 0.1) is 5.82 Å². The molecule has 0 radical (unpaired) electrons. The molecule has 21 heavy (non-hydrogen) atoms. The van der Waals surface area contributed by atoms with Gasteiger partial charge in [-0.05, 0) is 42.7 Å². The van der Waals surface area contributed by atoms with Crippen molar-refractivity contribution in [1.29, 1.82) is 0 Å². The second-order valence-corrected chi connectivity index (χ2v) is 5.03. The summed E-state index contributed by atoms with van der Waals surface area (Å²) in [6.07, 6.45) is 3.17. The molecule has 0 saturated carbocycles. The maximum absolute atomic E-state index is 13.1. The van der Waals surface area contributed by atoms with E-state index in [2.05, 4.69) is 5.32 Å². The van der Waals surface area contributed by atoms with Crippen molar-refractivity contribution in [1.82, 2.24) is 5.32 Å². The molecule has 2 heterocycles. The van der Waals surface area contributed by atoms with Gasteiger partial charge in [-0.15, -0.1) is 0 Å². The van der Waals surface area contributed by atoms with Gasteiger partial charge in [0.05, 0.1) is 18.4 Å². The molecule has 0 unspecified atom stereocenters. The third-order valence-corrected chi connectivity index (χ3v) is 3.60. The molecule has 2 aromatic rings. The highest BCUT2D eigenvalue weighted by atomic mass is 19.1. The number of carbonyl (C=O) groups is 1. The minimum absolute atomic E-state index is 0.102. The van der Waals surface area contributed by atoms with Gasteiger partial charge in [0.15, 0.2) is 5.76 Å². The van der Waals surface area contributed by atoms with Crippen molar-refractivity contribution in [3.8, 4) is 0 Å².